The summed E-state index contributed by atoms with van der Waals surface area (Å²) in [6, 6.07) is 1.08. The van der Waals surface area contributed by atoms with Crippen LogP contribution in [0.15, 0.2) is 16.8 Å². The normalized spacial score (nSPS) is 20.7. The number of nitrogens with zero attached hydrogens (tertiary/aromatic N) is 1. The van der Waals surface area contributed by atoms with E-state index in [0.717, 1.165) is 18.4 Å². The first kappa shape index (κ1) is 17.7. The summed E-state index contributed by atoms with van der Waals surface area (Å²) in [5.74, 6) is -0.860. The minimum atomic E-state index is -0.860. The summed E-state index contributed by atoms with van der Waals surface area (Å²) in [7, 11) is 0. The summed E-state index contributed by atoms with van der Waals surface area (Å²) in [5.41, 5.74) is 0.249. The van der Waals surface area contributed by atoms with Gasteiger partial charge < -0.3 is 15.2 Å². The zero-order valence-corrected chi connectivity index (χ0v) is 14.6. The quantitative estimate of drug-likeness (QED) is 0.881. The van der Waals surface area contributed by atoms with Crippen LogP contribution in [0.4, 0.5) is 4.79 Å². The highest BCUT2D eigenvalue weighted by molar-refractivity contribution is 7.08. The number of hydrogen-bond acceptors (Lipinski definition) is 5. The van der Waals surface area contributed by atoms with Crippen LogP contribution >= 0.6 is 11.3 Å². The molecule has 1 amide bonds. The number of nitrogens with one attached hydrogen (secondary N) is 1. The van der Waals surface area contributed by atoms with Crippen molar-refractivity contribution in [1.82, 2.24) is 10.2 Å². The fourth-order valence-electron chi connectivity index (χ4n) is 2.77. The number of piperidine rings is 1. The second-order valence-electron chi connectivity index (χ2n) is 6.78. The number of ether oxygens (including phenoxy) is 1. The average Bonchev–Trinajstić information content (AvgIpc) is 2.90. The lowest BCUT2D eigenvalue weighted by Crippen LogP contribution is -2.50. The summed E-state index contributed by atoms with van der Waals surface area (Å²) < 4.78 is 5.27. The van der Waals surface area contributed by atoms with Gasteiger partial charge in [-0.05, 0) is 62.5 Å². The second-order valence-corrected chi connectivity index (χ2v) is 7.56. The van der Waals surface area contributed by atoms with Gasteiger partial charge >= 0.3 is 12.1 Å². The van der Waals surface area contributed by atoms with E-state index >= 15 is 0 Å². The Morgan fingerprint density at radius 1 is 1.48 bits per heavy atom. The molecule has 1 fully saturated rings. The molecule has 0 aromatic carbocycles. The Morgan fingerprint density at radius 3 is 2.78 bits per heavy atom. The molecular formula is C16H24N2O4S. The van der Waals surface area contributed by atoms with Crippen molar-refractivity contribution in [3.05, 3.63) is 22.4 Å². The largest absolute Gasteiger partial charge is 0.480 e. The number of carbonyl (C=O) groups excluding carboxylic acids is 1. The highest BCUT2D eigenvalue weighted by Crippen LogP contribution is 2.26. The van der Waals surface area contributed by atoms with Gasteiger partial charge in [-0.15, -0.1) is 0 Å². The number of likely N-dealkylation sites (tertiary alicyclic amines) is 1. The van der Waals surface area contributed by atoms with Gasteiger partial charge in [0.05, 0.1) is 0 Å². The molecule has 6 nitrogen and oxygen atoms in total. The van der Waals surface area contributed by atoms with Gasteiger partial charge in [-0.2, -0.15) is 11.3 Å². The molecule has 0 saturated carbocycles. The average molecular weight is 340 g/mol. The summed E-state index contributed by atoms with van der Waals surface area (Å²) >= 11 is 1.49. The minimum Gasteiger partial charge on any atom is -0.480 e. The zero-order valence-electron chi connectivity index (χ0n) is 13.7. The van der Waals surface area contributed by atoms with E-state index in [1.165, 1.54) is 11.3 Å². The summed E-state index contributed by atoms with van der Waals surface area (Å²) in [6.45, 7) is 6.66. The first-order chi connectivity index (χ1) is 10.8. The summed E-state index contributed by atoms with van der Waals surface area (Å²) in [5, 5.41) is 16.2. The molecule has 0 unspecified atom stereocenters. The highest BCUT2D eigenvalue weighted by Gasteiger charge is 2.32. The van der Waals surface area contributed by atoms with Crippen LogP contribution in [0, 0.1) is 0 Å². The van der Waals surface area contributed by atoms with Crippen LogP contribution < -0.4 is 5.32 Å². The Bertz CT molecular complexity index is 539. The molecule has 0 spiro atoms. The monoisotopic (exact) mass is 340 g/mol. The van der Waals surface area contributed by atoms with Crippen LogP contribution in [-0.2, 0) is 9.53 Å². The molecule has 0 aliphatic carbocycles. The van der Waals surface area contributed by atoms with Gasteiger partial charge in [-0.25, -0.2) is 4.79 Å². The Labute approximate surface area is 140 Å². The van der Waals surface area contributed by atoms with E-state index in [1.807, 2.05) is 42.5 Å². The first-order valence-corrected chi connectivity index (χ1v) is 8.69. The van der Waals surface area contributed by atoms with Gasteiger partial charge in [-0.1, -0.05) is 0 Å². The molecule has 2 heterocycles. The van der Waals surface area contributed by atoms with Gasteiger partial charge in [-0.3, -0.25) is 9.69 Å². The molecule has 23 heavy (non-hydrogen) atoms. The summed E-state index contributed by atoms with van der Waals surface area (Å²) in [4.78, 5) is 25.5. The summed E-state index contributed by atoms with van der Waals surface area (Å²) in [6.07, 6.45) is 1.21. The molecule has 1 aliphatic heterocycles. The topological polar surface area (TPSA) is 78.9 Å². The van der Waals surface area contributed by atoms with Crippen molar-refractivity contribution in [3.8, 4) is 0 Å². The van der Waals surface area contributed by atoms with E-state index < -0.39 is 23.7 Å². The third-order valence-electron chi connectivity index (χ3n) is 3.63. The molecule has 2 rings (SSSR count). The van der Waals surface area contributed by atoms with Crippen molar-refractivity contribution in [1.29, 1.82) is 0 Å². The van der Waals surface area contributed by atoms with Crippen LogP contribution in [0.2, 0.25) is 0 Å². The van der Waals surface area contributed by atoms with Crippen LogP contribution in [0.25, 0.3) is 0 Å². The maximum absolute atomic E-state index is 11.9. The standard InChI is InChI=1S/C16H24N2O4S/c1-16(2,3)22-15(21)17-12-5-4-7-18(9-12)13(14(19)20)11-6-8-23-10-11/h6,8,10,12-13H,4-5,7,9H2,1-3H3,(H,17,21)(H,19,20)/t12-,13+/m0/s1. The van der Waals surface area contributed by atoms with Crippen molar-refractivity contribution >= 4 is 23.4 Å². The van der Waals surface area contributed by atoms with E-state index in [0.29, 0.717) is 13.1 Å². The number of carboxylic acids is 1. The Hall–Kier alpha value is -1.60. The molecule has 128 valence electrons. The molecule has 1 aromatic rings. The van der Waals surface area contributed by atoms with E-state index in [9.17, 15) is 14.7 Å². The van der Waals surface area contributed by atoms with E-state index in [2.05, 4.69) is 5.32 Å². The number of hydrogen-bond donors (Lipinski definition) is 2. The van der Waals surface area contributed by atoms with Crippen LogP contribution in [-0.4, -0.2) is 46.8 Å². The Balaban J connectivity index is 1.99. The van der Waals surface area contributed by atoms with Crippen LogP contribution in [0.1, 0.15) is 45.2 Å². The number of carboxylic acid groups (broad SMARTS) is 1. The lowest BCUT2D eigenvalue weighted by molar-refractivity contribution is -0.144. The molecule has 0 radical (unpaired) electrons. The zero-order chi connectivity index (χ0) is 17.0. The van der Waals surface area contributed by atoms with Crippen molar-refractivity contribution in [2.75, 3.05) is 13.1 Å². The fourth-order valence-corrected chi connectivity index (χ4v) is 3.45. The SMILES string of the molecule is CC(C)(C)OC(=O)N[C@H]1CCCN([C@@H](C(=O)O)c2ccsc2)C1. The van der Waals surface area contributed by atoms with Gasteiger partial charge in [0.1, 0.15) is 11.6 Å². The molecule has 0 bridgehead atoms. The first-order valence-electron chi connectivity index (χ1n) is 7.75. The predicted octanol–water partition coefficient (Wildman–Crippen LogP) is 2.86. The van der Waals surface area contributed by atoms with Crippen LogP contribution in [0.3, 0.4) is 0 Å². The van der Waals surface area contributed by atoms with Gasteiger partial charge in [0.2, 0.25) is 0 Å². The lowest BCUT2D eigenvalue weighted by Gasteiger charge is -2.36. The number of thiophene rings is 1. The molecule has 7 heteroatoms. The molecule has 2 atom stereocenters. The fraction of sp³-hybridized carbons (Fsp3) is 0.625. The lowest BCUT2D eigenvalue weighted by atomic mass is 10.0. The number of rotatable bonds is 4. The van der Waals surface area contributed by atoms with Gasteiger partial charge in [0, 0.05) is 12.6 Å². The Kier molecular flexibility index (Phi) is 5.64. The number of amides is 1. The molecule has 1 aromatic heterocycles. The molecule has 2 N–H and O–H groups in total. The molecule has 1 aliphatic rings. The van der Waals surface area contributed by atoms with Crippen molar-refractivity contribution in [2.45, 2.75) is 51.3 Å². The molecular weight excluding hydrogens is 316 g/mol. The predicted molar refractivity (Wildman–Crippen MR) is 88.7 cm³/mol. The van der Waals surface area contributed by atoms with Crippen molar-refractivity contribution in [2.24, 2.45) is 0 Å². The van der Waals surface area contributed by atoms with E-state index in [4.69, 9.17) is 4.74 Å². The van der Waals surface area contributed by atoms with E-state index in [1.54, 1.807) is 0 Å². The van der Waals surface area contributed by atoms with Crippen molar-refractivity contribution in [3.63, 3.8) is 0 Å². The maximum atomic E-state index is 11.9. The van der Waals surface area contributed by atoms with Crippen LogP contribution in [0.5, 0.6) is 0 Å². The smallest absolute Gasteiger partial charge is 0.407 e. The third kappa shape index (κ3) is 5.21. The molecule has 1 saturated heterocycles. The van der Waals surface area contributed by atoms with Gasteiger partial charge in [0.25, 0.3) is 0 Å². The highest BCUT2D eigenvalue weighted by atomic mass is 32.1. The second kappa shape index (κ2) is 7.31. The maximum Gasteiger partial charge on any atom is 0.407 e. The Morgan fingerprint density at radius 2 is 2.22 bits per heavy atom. The van der Waals surface area contributed by atoms with Crippen molar-refractivity contribution < 1.29 is 19.4 Å². The number of aliphatic carboxylic acids is 1. The minimum absolute atomic E-state index is 0.0981. The number of alkyl carbamates (subject to hydrolysis) is 1. The van der Waals surface area contributed by atoms with E-state index in [-0.39, 0.29) is 6.04 Å². The number of carbonyl (C=O) groups is 2. The van der Waals surface area contributed by atoms with Gasteiger partial charge in [0.15, 0.2) is 0 Å². The third-order valence-corrected chi connectivity index (χ3v) is 4.33.